The van der Waals surface area contributed by atoms with Crippen LogP contribution in [0.5, 0.6) is 0 Å². The van der Waals surface area contributed by atoms with Crippen molar-refractivity contribution in [1.82, 2.24) is 0 Å². The van der Waals surface area contributed by atoms with Crippen LogP contribution < -0.4 is 5.32 Å². The number of anilines is 1. The Hall–Kier alpha value is -1.03. The molecular weight excluding hydrogens is 345 g/mol. The molecule has 0 saturated carbocycles. The van der Waals surface area contributed by atoms with E-state index in [9.17, 15) is 0 Å². The van der Waals surface area contributed by atoms with Crippen molar-refractivity contribution >= 4 is 28.3 Å². The quantitative estimate of drug-likeness (QED) is 0.761. The molecule has 0 saturated heterocycles. The second-order valence-electron chi connectivity index (χ2n) is 5.25. The maximum Gasteiger partial charge on any atom is 0.0485 e. The Morgan fingerprint density at radius 1 is 1.00 bits per heavy atom. The van der Waals surface area contributed by atoms with Gasteiger partial charge in [0.25, 0.3) is 0 Å². The first-order valence-corrected chi connectivity index (χ1v) is 7.94. The Bertz CT molecular complexity index is 574. The topological polar surface area (TPSA) is 12.0 Å². The summed E-state index contributed by atoms with van der Waals surface area (Å²) in [6, 6.07) is 15.9. The summed E-state index contributed by atoms with van der Waals surface area (Å²) in [5.41, 5.74) is 5.67. The molecule has 1 aliphatic carbocycles. The van der Waals surface area contributed by atoms with E-state index in [0.717, 1.165) is 0 Å². The molecule has 0 bridgehead atoms. The molecule has 2 aromatic rings. The van der Waals surface area contributed by atoms with E-state index in [0.29, 0.717) is 6.04 Å². The van der Waals surface area contributed by atoms with E-state index < -0.39 is 0 Å². The van der Waals surface area contributed by atoms with Crippen LogP contribution >= 0.6 is 22.6 Å². The number of fused-ring (bicyclic) bond motifs is 1. The Morgan fingerprint density at radius 3 is 2.53 bits per heavy atom. The van der Waals surface area contributed by atoms with Crippen LogP contribution in [0.2, 0.25) is 0 Å². The van der Waals surface area contributed by atoms with Gasteiger partial charge < -0.3 is 5.32 Å². The number of benzene rings is 2. The molecule has 3 rings (SSSR count). The molecule has 1 nitrogen and oxygen atoms in total. The first-order chi connectivity index (χ1) is 9.22. The molecule has 1 aliphatic rings. The fourth-order valence-corrected chi connectivity index (χ4v) is 3.10. The molecule has 19 heavy (non-hydrogen) atoms. The molecular formula is C17H18IN. The third kappa shape index (κ3) is 2.94. The molecule has 0 fully saturated rings. The summed E-state index contributed by atoms with van der Waals surface area (Å²) in [5, 5.41) is 3.57. The molecule has 0 aromatic heterocycles. The van der Waals surface area contributed by atoms with Crippen molar-refractivity contribution in [3.8, 4) is 0 Å². The van der Waals surface area contributed by atoms with Gasteiger partial charge in [0.05, 0.1) is 0 Å². The SMILES string of the molecule is CC(Nc1ccc(I)cc1)c1ccc2c(c1)CCC2. The van der Waals surface area contributed by atoms with Gasteiger partial charge in [-0.05, 0) is 89.7 Å². The predicted octanol–water partition coefficient (Wildman–Crippen LogP) is 4.95. The van der Waals surface area contributed by atoms with E-state index in [1.54, 1.807) is 11.1 Å². The van der Waals surface area contributed by atoms with E-state index in [1.165, 1.54) is 34.1 Å². The van der Waals surface area contributed by atoms with Crippen LogP contribution in [0, 0.1) is 3.57 Å². The van der Waals surface area contributed by atoms with Crippen LogP contribution in [0.3, 0.4) is 0 Å². The maximum atomic E-state index is 3.57. The zero-order valence-corrected chi connectivity index (χ0v) is 13.3. The van der Waals surface area contributed by atoms with E-state index >= 15 is 0 Å². The van der Waals surface area contributed by atoms with Gasteiger partial charge in [-0.15, -0.1) is 0 Å². The average molecular weight is 363 g/mol. The van der Waals surface area contributed by atoms with Gasteiger partial charge in [-0.25, -0.2) is 0 Å². The standard InChI is InChI=1S/C17H18IN/c1-12(19-17-9-7-16(18)8-10-17)14-6-5-13-3-2-4-15(13)11-14/h5-12,19H,2-4H2,1H3. The van der Waals surface area contributed by atoms with E-state index in [4.69, 9.17) is 0 Å². The second kappa shape index (κ2) is 5.53. The van der Waals surface area contributed by atoms with Crippen LogP contribution in [0.15, 0.2) is 42.5 Å². The van der Waals surface area contributed by atoms with Gasteiger partial charge in [0.1, 0.15) is 0 Å². The van der Waals surface area contributed by atoms with Crippen LogP contribution in [0.1, 0.15) is 36.1 Å². The molecule has 0 heterocycles. The molecule has 0 spiro atoms. The first kappa shape index (κ1) is 13.0. The molecule has 0 aliphatic heterocycles. The lowest BCUT2D eigenvalue weighted by molar-refractivity contribution is 0.879. The lowest BCUT2D eigenvalue weighted by Gasteiger charge is -2.17. The predicted molar refractivity (Wildman–Crippen MR) is 89.7 cm³/mol. The third-order valence-electron chi connectivity index (χ3n) is 3.85. The molecule has 1 N–H and O–H groups in total. The fraction of sp³-hybridized carbons (Fsp3) is 0.294. The molecule has 0 amide bonds. The highest BCUT2D eigenvalue weighted by Crippen LogP contribution is 2.27. The van der Waals surface area contributed by atoms with Crippen LogP contribution in [-0.4, -0.2) is 0 Å². The van der Waals surface area contributed by atoms with Crippen molar-refractivity contribution in [2.24, 2.45) is 0 Å². The minimum absolute atomic E-state index is 0.353. The van der Waals surface area contributed by atoms with Crippen molar-refractivity contribution in [3.63, 3.8) is 0 Å². The lowest BCUT2D eigenvalue weighted by atomic mass is 10.0. The van der Waals surface area contributed by atoms with Crippen LogP contribution in [-0.2, 0) is 12.8 Å². The van der Waals surface area contributed by atoms with Gasteiger partial charge in [0.15, 0.2) is 0 Å². The van der Waals surface area contributed by atoms with E-state index in [1.807, 2.05) is 0 Å². The van der Waals surface area contributed by atoms with Gasteiger partial charge in [-0.1, -0.05) is 18.2 Å². The molecule has 98 valence electrons. The number of aryl methyl sites for hydroxylation is 2. The van der Waals surface area contributed by atoms with Gasteiger partial charge in [0, 0.05) is 15.3 Å². The van der Waals surface area contributed by atoms with Gasteiger partial charge in [0.2, 0.25) is 0 Å². The van der Waals surface area contributed by atoms with Crippen molar-refractivity contribution in [2.45, 2.75) is 32.2 Å². The van der Waals surface area contributed by atoms with Crippen LogP contribution in [0.25, 0.3) is 0 Å². The average Bonchev–Trinajstić information content (AvgIpc) is 2.88. The summed E-state index contributed by atoms with van der Waals surface area (Å²) >= 11 is 2.33. The monoisotopic (exact) mass is 363 g/mol. The smallest absolute Gasteiger partial charge is 0.0485 e. The summed E-state index contributed by atoms with van der Waals surface area (Å²) in [7, 11) is 0. The van der Waals surface area contributed by atoms with Crippen molar-refractivity contribution < 1.29 is 0 Å². The molecule has 1 unspecified atom stereocenters. The number of rotatable bonds is 3. The fourth-order valence-electron chi connectivity index (χ4n) is 2.74. The number of halogens is 1. The highest BCUT2D eigenvalue weighted by atomic mass is 127. The zero-order valence-electron chi connectivity index (χ0n) is 11.1. The summed E-state index contributed by atoms with van der Waals surface area (Å²) < 4.78 is 1.27. The van der Waals surface area contributed by atoms with Crippen molar-refractivity contribution in [1.29, 1.82) is 0 Å². The van der Waals surface area contributed by atoms with Gasteiger partial charge in [-0.3, -0.25) is 0 Å². The minimum atomic E-state index is 0.353. The first-order valence-electron chi connectivity index (χ1n) is 6.86. The van der Waals surface area contributed by atoms with E-state index in [2.05, 4.69) is 77.3 Å². The largest absolute Gasteiger partial charge is 0.379 e. The van der Waals surface area contributed by atoms with Crippen molar-refractivity contribution in [3.05, 3.63) is 62.7 Å². The normalized spacial score (nSPS) is 15.1. The summed E-state index contributed by atoms with van der Waals surface area (Å²) in [6.45, 7) is 2.23. The Kier molecular flexibility index (Phi) is 3.78. The minimum Gasteiger partial charge on any atom is -0.379 e. The maximum absolute atomic E-state index is 3.57. The molecule has 1 atom stereocenters. The number of hydrogen-bond donors (Lipinski definition) is 1. The van der Waals surface area contributed by atoms with Crippen LogP contribution in [0.4, 0.5) is 5.69 Å². The highest BCUT2D eigenvalue weighted by Gasteiger charge is 2.13. The highest BCUT2D eigenvalue weighted by molar-refractivity contribution is 14.1. The third-order valence-corrected chi connectivity index (χ3v) is 4.57. The Labute approximate surface area is 128 Å². The summed E-state index contributed by atoms with van der Waals surface area (Å²) in [4.78, 5) is 0. The lowest BCUT2D eigenvalue weighted by Crippen LogP contribution is -2.07. The molecule has 2 aromatic carbocycles. The second-order valence-corrected chi connectivity index (χ2v) is 6.50. The zero-order chi connectivity index (χ0) is 13.2. The number of hydrogen-bond acceptors (Lipinski definition) is 1. The Balaban J connectivity index is 1.76. The molecule has 0 radical (unpaired) electrons. The van der Waals surface area contributed by atoms with E-state index in [-0.39, 0.29) is 0 Å². The van der Waals surface area contributed by atoms with Gasteiger partial charge >= 0.3 is 0 Å². The summed E-state index contributed by atoms with van der Waals surface area (Å²) in [5.74, 6) is 0. The molecule has 2 heteroatoms. The number of nitrogens with one attached hydrogen (secondary N) is 1. The van der Waals surface area contributed by atoms with Crippen molar-refractivity contribution in [2.75, 3.05) is 5.32 Å². The summed E-state index contributed by atoms with van der Waals surface area (Å²) in [6.07, 6.45) is 3.83. The van der Waals surface area contributed by atoms with Gasteiger partial charge in [-0.2, -0.15) is 0 Å². The Morgan fingerprint density at radius 2 is 1.74 bits per heavy atom.